The van der Waals surface area contributed by atoms with Gasteiger partial charge in [-0.15, -0.1) is 24.0 Å². The van der Waals surface area contributed by atoms with E-state index in [0.29, 0.717) is 12.5 Å². The van der Waals surface area contributed by atoms with Gasteiger partial charge in [-0.05, 0) is 17.7 Å². The van der Waals surface area contributed by atoms with Gasteiger partial charge in [-0.25, -0.2) is 4.99 Å². The molecule has 1 saturated heterocycles. The highest BCUT2D eigenvalue weighted by atomic mass is 127. The number of carbonyl (C=O) groups is 1. The fourth-order valence-corrected chi connectivity index (χ4v) is 2.59. The third kappa shape index (κ3) is 9.07. The maximum atomic E-state index is 11.9. The monoisotopic (exact) mass is 505 g/mol. The van der Waals surface area contributed by atoms with Crippen LogP contribution in [0, 0.1) is 0 Å². The molecule has 0 spiro atoms. The molecular formula is C19H32IN5O3. The van der Waals surface area contributed by atoms with Gasteiger partial charge in [0.15, 0.2) is 5.96 Å². The largest absolute Gasteiger partial charge is 0.497 e. The van der Waals surface area contributed by atoms with E-state index in [-0.39, 0.29) is 36.4 Å². The lowest BCUT2D eigenvalue weighted by atomic mass is 10.2. The molecule has 0 bridgehead atoms. The van der Waals surface area contributed by atoms with E-state index >= 15 is 0 Å². The van der Waals surface area contributed by atoms with Crippen LogP contribution in [0.4, 0.5) is 0 Å². The number of likely N-dealkylation sites (N-methyl/N-ethyl adjacent to an activating group) is 1. The maximum Gasteiger partial charge on any atom is 0.241 e. The van der Waals surface area contributed by atoms with E-state index in [2.05, 4.69) is 20.5 Å². The summed E-state index contributed by atoms with van der Waals surface area (Å²) in [6.45, 7) is 5.83. The third-order valence-corrected chi connectivity index (χ3v) is 4.28. The molecule has 1 amide bonds. The van der Waals surface area contributed by atoms with Crippen molar-refractivity contribution in [2.45, 2.75) is 6.54 Å². The number of nitrogens with zero attached hydrogens (tertiary/aromatic N) is 3. The Morgan fingerprint density at radius 1 is 1.29 bits per heavy atom. The van der Waals surface area contributed by atoms with Crippen molar-refractivity contribution in [1.82, 2.24) is 20.4 Å². The number of aliphatic imine (C=N–C) groups is 1. The summed E-state index contributed by atoms with van der Waals surface area (Å²) in [6, 6.07) is 7.81. The van der Waals surface area contributed by atoms with E-state index in [1.807, 2.05) is 24.3 Å². The lowest BCUT2D eigenvalue weighted by Crippen LogP contribution is -2.46. The first-order chi connectivity index (χ1) is 13.1. The molecule has 0 saturated carbocycles. The van der Waals surface area contributed by atoms with Gasteiger partial charge >= 0.3 is 0 Å². The quantitative estimate of drug-likeness (QED) is 0.309. The normalized spacial score (nSPS) is 14.8. The second-order valence-electron chi connectivity index (χ2n) is 6.54. The summed E-state index contributed by atoms with van der Waals surface area (Å²) >= 11 is 0. The van der Waals surface area contributed by atoms with Crippen LogP contribution in [0.5, 0.6) is 5.75 Å². The molecule has 0 aromatic heterocycles. The topological polar surface area (TPSA) is 78.4 Å². The number of carbonyl (C=O) groups excluding carboxylic acids is 1. The molecule has 1 fully saturated rings. The lowest BCUT2D eigenvalue weighted by molar-refractivity contribution is -0.127. The minimum absolute atomic E-state index is 0. The Morgan fingerprint density at radius 2 is 2.04 bits per heavy atom. The Kier molecular flexibility index (Phi) is 11.8. The summed E-state index contributed by atoms with van der Waals surface area (Å²) in [5.74, 6) is 1.43. The van der Waals surface area contributed by atoms with E-state index in [0.717, 1.165) is 50.7 Å². The molecule has 1 aliphatic heterocycles. The second-order valence-corrected chi connectivity index (χ2v) is 6.54. The molecule has 8 nitrogen and oxygen atoms in total. The summed E-state index contributed by atoms with van der Waals surface area (Å²) in [4.78, 5) is 20.4. The molecule has 9 heteroatoms. The molecule has 1 aromatic rings. The van der Waals surface area contributed by atoms with E-state index < -0.39 is 0 Å². The predicted molar refractivity (Wildman–Crippen MR) is 122 cm³/mol. The molecule has 1 heterocycles. The number of ether oxygens (including phenoxy) is 2. The van der Waals surface area contributed by atoms with Gasteiger partial charge in [0.2, 0.25) is 5.91 Å². The number of guanidine groups is 1. The molecule has 1 aromatic carbocycles. The number of rotatable bonds is 8. The standard InChI is InChI=1S/C19H31N5O3.HI/c1-23(2)18(25)15-22-19(20-7-8-24-9-11-27-12-10-24)21-14-16-5-4-6-17(13-16)26-3;/h4-6,13H,7-12,14-15H2,1-3H3,(H2,20,21,22);1H. The van der Waals surface area contributed by atoms with E-state index in [9.17, 15) is 4.79 Å². The van der Waals surface area contributed by atoms with Gasteiger partial charge in [0.1, 0.15) is 5.75 Å². The van der Waals surface area contributed by atoms with Crippen LogP contribution in [-0.2, 0) is 16.1 Å². The van der Waals surface area contributed by atoms with Crippen molar-refractivity contribution in [3.63, 3.8) is 0 Å². The molecule has 0 unspecified atom stereocenters. The van der Waals surface area contributed by atoms with Gasteiger partial charge in [-0.1, -0.05) is 12.1 Å². The highest BCUT2D eigenvalue weighted by molar-refractivity contribution is 14.0. The Bertz CT molecular complexity index is 621. The first-order valence-electron chi connectivity index (χ1n) is 9.24. The maximum absolute atomic E-state index is 11.9. The average Bonchev–Trinajstić information content (AvgIpc) is 2.70. The van der Waals surface area contributed by atoms with Crippen LogP contribution < -0.4 is 15.4 Å². The van der Waals surface area contributed by atoms with Gasteiger partial charge < -0.3 is 25.0 Å². The smallest absolute Gasteiger partial charge is 0.241 e. The zero-order chi connectivity index (χ0) is 19.5. The summed E-state index contributed by atoms with van der Waals surface area (Å²) in [6.07, 6.45) is 0. The predicted octanol–water partition coefficient (Wildman–Crippen LogP) is 0.769. The van der Waals surface area contributed by atoms with Crippen molar-refractivity contribution < 1.29 is 14.3 Å². The van der Waals surface area contributed by atoms with Crippen LogP contribution in [0.3, 0.4) is 0 Å². The van der Waals surface area contributed by atoms with Crippen LogP contribution in [-0.4, -0.2) is 88.8 Å². The van der Waals surface area contributed by atoms with E-state index in [4.69, 9.17) is 9.47 Å². The Hall–Kier alpha value is -1.59. The van der Waals surface area contributed by atoms with Gasteiger partial charge in [0.05, 0.1) is 33.4 Å². The first kappa shape index (κ1) is 24.4. The van der Waals surface area contributed by atoms with Crippen LogP contribution in [0.1, 0.15) is 5.56 Å². The number of amides is 1. The number of hydrogen-bond acceptors (Lipinski definition) is 5. The van der Waals surface area contributed by atoms with Gasteiger partial charge in [-0.2, -0.15) is 0 Å². The zero-order valence-corrected chi connectivity index (χ0v) is 19.3. The molecule has 1 aliphatic rings. The molecule has 0 aliphatic carbocycles. The zero-order valence-electron chi connectivity index (χ0n) is 16.9. The van der Waals surface area contributed by atoms with Crippen molar-refractivity contribution in [2.24, 2.45) is 4.99 Å². The fraction of sp³-hybridized carbons (Fsp3) is 0.579. The van der Waals surface area contributed by atoms with E-state index in [1.54, 1.807) is 26.1 Å². The Labute approximate surface area is 184 Å². The number of benzene rings is 1. The molecule has 2 N–H and O–H groups in total. The Morgan fingerprint density at radius 3 is 2.71 bits per heavy atom. The van der Waals surface area contributed by atoms with E-state index in [1.165, 1.54) is 0 Å². The van der Waals surface area contributed by atoms with Gasteiger partial charge in [0.25, 0.3) is 0 Å². The number of hydrogen-bond donors (Lipinski definition) is 2. The Balaban J connectivity index is 0.00000392. The number of halogens is 1. The molecular weight excluding hydrogens is 473 g/mol. The number of morpholine rings is 1. The first-order valence-corrected chi connectivity index (χ1v) is 9.24. The number of methoxy groups -OCH3 is 1. The third-order valence-electron chi connectivity index (χ3n) is 4.28. The van der Waals surface area contributed by atoms with Crippen molar-refractivity contribution in [3.05, 3.63) is 29.8 Å². The van der Waals surface area contributed by atoms with Crippen LogP contribution >= 0.6 is 24.0 Å². The molecule has 158 valence electrons. The van der Waals surface area contributed by atoms with Crippen LogP contribution in [0.2, 0.25) is 0 Å². The summed E-state index contributed by atoms with van der Waals surface area (Å²) in [7, 11) is 5.13. The van der Waals surface area contributed by atoms with Gasteiger partial charge in [-0.3, -0.25) is 9.69 Å². The van der Waals surface area contributed by atoms with Crippen molar-refractivity contribution in [1.29, 1.82) is 0 Å². The highest BCUT2D eigenvalue weighted by Crippen LogP contribution is 2.13. The SMILES string of the molecule is COc1cccc(CN=C(NCCN2CCOCC2)NCC(=O)N(C)C)c1.I. The lowest BCUT2D eigenvalue weighted by Gasteiger charge is -2.26. The molecule has 2 rings (SSSR count). The second kappa shape index (κ2) is 13.6. The van der Waals surface area contributed by atoms with Crippen molar-refractivity contribution in [3.8, 4) is 5.75 Å². The number of nitrogens with one attached hydrogen (secondary N) is 2. The minimum Gasteiger partial charge on any atom is -0.497 e. The summed E-state index contributed by atoms with van der Waals surface area (Å²) < 4.78 is 10.6. The van der Waals surface area contributed by atoms with Crippen molar-refractivity contribution >= 4 is 35.8 Å². The van der Waals surface area contributed by atoms with Crippen molar-refractivity contribution in [2.75, 3.05) is 67.1 Å². The van der Waals surface area contributed by atoms with Gasteiger partial charge in [0, 0.05) is 40.3 Å². The minimum atomic E-state index is -0.000871. The molecule has 0 atom stereocenters. The highest BCUT2D eigenvalue weighted by Gasteiger charge is 2.10. The summed E-state index contributed by atoms with van der Waals surface area (Å²) in [5.41, 5.74) is 1.04. The average molecular weight is 505 g/mol. The fourth-order valence-electron chi connectivity index (χ4n) is 2.59. The van der Waals surface area contributed by atoms with Crippen LogP contribution in [0.15, 0.2) is 29.3 Å². The van der Waals surface area contributed by atoms with Crippen LogP contribution in [0.25, 0.3) is 0 Å². The summed E-state index contributed by atoms with van der Waals surface area (Å²) in [5, 5.41) is 6.43. The molecule has 0 radical (unpaired) electrons. The molecule has 28 heavy (non-hydrogen) atoms.